The van der Waals surface area contributed by atoms with Gasteiger partial charge in [0, 0.05) is 19.5 Å². The van der Waals surface area contributed by atoms with Crippen LogP contribution in [0.1, 0.15) is 17.8 Å². The summed E-state index contributed by atoms with van der Waals surface area (Å²) in [5.74, 6) is 0.280. The Bertz CT molecular complexity index is 408. The van der Waals surface area contributed by atoms with Crippen LogP contribution in [0, 0.1) is 5.92 Å². The molecule has 1 saturated heterocycles. The van der Waals surface area contributed by atoms with Crippen LogP contribution in [0.2, 0.25) is 0 Å². The van der Waals surface area contributed by atoms with E-state index in [9.17, 15) is 4.79 Å². The van der Waals surface area contributed by atoms with Crippen molar-refractivity contribution in [3.63, 3.8) is 0 Å². The maximum absolute atomic E-state index is 11.9. The van der Waals surface area contributed by atoms with Crippen molar-refractivity contribution in [3.8, 4) is 0 Å². The zero-order valence-electron chi connectivity index (χ0n) is 10.6. The van der Waals surface area contributed by atoms with Gasteiger partial charge in [0.15, 0.2) is 0 Å². The molecule has 1 aromatic rings. The molecule has 1 fully saturated rings. The molecule has 1 aliphatic rings. The lowest BCUT2D eigenvalue weighted by Crippen LogP contribution is -2.41. The second-order valence-electron chi connectivity index (χ2n) is 4.68. The van der Waals surface area contributed by atoms with Crippen molar-refractivity contribution in [1.29, 1.82) is 0 Å². The average Bonchev–Trinajstić information content (AvgIpc) is 2.75. The molecule has 1 aromatic heterocycles. The normalized spacial score (nSPS) is 20.8. The van der Waals surface area contributed by atoms with E-state index in [-0.39, 0.29) is 11.8 Å². The van der Waals surface area contributed by atoms with E-state index in [4.69, 9.17) is 5.73 Å². The molecule has 100 valence electrons. The van der Waals surface area contributed by atoms with Gasteiger partial charge >= 0.3 is 0 Å². The molecule has 7 heteroatoms. The molecule has 3 N–H and O–H groups in total. The van der Waals surface area contributed by atoms with Crippen molar-refractivity contribution >= 4 is 22.4 Å². The topological polar surface area (TPSA) is 84.1 Å². The largest absolute Gasteiger partial charge is 0.374 e. The number of hydrogen-bond donors (Lipinski definition) is 2. The van der Waals surface area contributed by atoms with Crippen LogP contribution < -0.4 is 11.1 Å². The summed E-state index contributed by atoms with van der Waals surface area (Å²) in [6.07, 6.45) is 2.78. The lowest BCUT2D eigenvalue weighted by molar-refractivity contribution is -0.126. The maximum atomic E-state index is 11.9. The number of nitrogens with two attached hydrogens (primary N) is 1. The highest BCUT2D eigenvalue weighted by molar-refractivity contribution is 7.15. The van der Waals surface area contributed by atoms with Gasteiger partial charge in [0.2, 0.25) is 11.0 Å². The Kier molecular flexibility index (Phi) is 4.48. The molecule has 0 aliphatic carbocycles. The Balaban J connectivity index is 1.71. The van der Waals surface area contributed by atoms with E-state index in [1.165, 1.54) is 11.3 Å². The minimum atomic E-state index is 0.128. The third kappa shape index (κ3) is 3.64. The minimum Gasteiger partial charge on any atom is -0.374 e. The summed E-state index contributed by atoms with van der Waals surface area (Å²) >= 11 is 1.37. The third-order valence-corrected chi connectivity index (χ3v) is 3.93. The quantitative estimate of drug-likeness (QED) is 0.811. The first kappa shape index (κ1) is 13.2. The highest BCUT2D eigenvalue weighted by Gasteiger charge is 2.23. The average molecular weight is 269 g/mol. The molecule has 2 heterocycles. The van der Waals surface area contributed by atoms with Gasteiger partial charge in [-0.3, -0.25) is 4.79 Å². The van der Waals surface area contributed by atoms with E-state index in [1.54, 1.807) is 0 Å². The highest BCUT2D eigenvalue weighted by Crippen LogP contribution is 2.15. The zero-order chi connectivity index (χ0) is 13.0. The summed E-state index contributed by atoms with van der Waals surface area (Å²) in [5, 5.41) is 12.0. The van der Waals surface area contributed by atoms with E-state index in [1.807, 2.05) is 0 Å². The molecule has 1 unspecified atom stereocenters. The zero-order valence-corrected chi connectivity index (χ0v) is 11.4. The van der Waals surface area contributed by atoms with E-state index in [0.29, 0.717) is 18.1 Å². The van der Waals surface area contributed by atoms with Crippen molar-refractivity contribution in [2.75, 3.05) is 32.4 Å². The summed E-state index contributed by atoms with van der Waals surface area (Å²) in [4.78, 5) is 14.2. The monoisotopic (exact) mass is 269 g/mol. The predicted molar refractivity (Wildman–Crippen MR) is 71.3 cm³/mol. The Morgan fingerprint density at radius 2 is 2.44 bits per heavy atom. The van der Waals surface area contributed by atoms with Crippen LogP contribution in [0.25, 0.3) is 0 Å². The standard InChI is InChI=1S/C11H19N5OS/c1-16-6-2-3-8(7-16)10(17)13-5-4-9-14-15-11(12)18-9/h8H,2-7H2,1H3,(H2,12,15)(H,13,17). The fraction of sp³-hybridized carbons (Fsp3) is 0.727. The number of amides is 1. The molecule has 2 rings (SSSR count). The van der Waals surface area contributed by atoms with Gasteiger partial charge in [-0.1, -0.05) is 11.3 Å². The summed E-state index contributed by atoms with van der Waals surface area (Å²) in [6, 6.07) is 0. The first-order chi connectivity index (χ1) is 8.65. The van der Waals surface area contributed by atoms with E-state index in [2.05, 4.69) is 27.5 Å². The van der Waals surface area contributed by atoms with Crippen molar-refractivity contribution in [1.82, 2.24) is 20.4 Å². The molecule has 0 spiro atoms. The van der Waals surface area contributed by atoms with Gasteiger partial charge in [-0.2, -0.15) is 0 Å². The number of aromatic nitrogens is 2. The second kappa shape index (κ2) is 6.10. The van der Waals surface area contributed by atoms with Crippen LogP contribution in [0.4, 0.5) is 5.13 Å². The smallest absolute Gasteiger partial charge is 0.224 e. The first-order valence-electron chi connectivity index (χ1n) is 6.19. The van der Waals surface area contributed by atoms with Gasteiger partial charge in [0.25, 0.3) is 0 Å². The maximum Gasteiger partial charge on any atom is 0.224 e. The van der Waals surface area contributed by atoms with Crippen molar-refractivity contribution in [2.24, 2.45) is 5.92 Å². The SMILES string of the molecule is CN1CCCC(C(=O)NCCc2nnc(N)s2)C1. The first-order valence-corrected chi connectivity index (χ1v) is 7.01. The number of nitrogens with zero attached hydrogens (tertiary/aromatic N) is 3. The van der Waals surface area contributed by atoms with E-state index < -0.39 is 0 Å². The van der Waals surface area contributed by atoms with Gasteiger partial charge in [0.1, 0.15) is 5.01 Å². The Labute approximate surface area is 111 Å². The molecule has 0 radical (unpaired) electrons. The lowest BCUT2D eigenvalue weighted by Gasteiger charge is -2.28. The predicted octanol–water partition coefficient (Wildman–Crippen LogP) is 0.121. The van der Waals surface area contributed by atoms with Gasteiger partial charge in [-0.15, -0.1) is 10.2 Å². The summed E-state index contributed by atoms with van der Waals surface area (Å²) in [5.41, 5.74) is 5.49. The van der Waals surface area contributed by atoms with Gasteiger partial charge < -0.3 is 16.0 Å². The van der Waals surface area contributed by atoms with Crippen LogP contribution in [-0.2, 0) is 11.2 Å². The number of anilines is 1. The fourth-order valence-corrected chi connectivity index (χ4v) is 2.79. The van der Waals surface area contributed by atoms with E-state index in [0.717, 1.165) is 30.9 Å². The molecular weight excluding hydrogens is 250 g/mol. The van der Waals surface area contributed by atoms with Crippen LogP contribution in [0.15, 0.2) is 0 Å². The number of rotatable bonds is 4. The number of piperidine rings is 1. The molecule has 6 nitrogen and oxygen atoms in total. The number of nitrogen functional groups attached to an aromatic ring is 1. The van der Waals surface area contributed by atoms with Crippen LogP contribution in [0.5, 0.6) is 0 Å². The number of carbonyl (C=O) groups is 1. The van der Waals surface area contributed by atoms with Crippen LogP contribution in [-0.4, -0.2) is 47.7 Å². The third-order valence-electron chi connectivity index (χ3n) is 3.12. The molecule has 1 amide bonds. The molecule has 1 atom stereocenters. The summed E-state index contributed by atoms with van der Waals surface area (Å²) < 4.78 is 0. The van der Waals surface area contributed by atoms with Crippen LogP contribution >= 0.6 is 11.3 Å². The summed E-state index contributed by atoms with van der Waals surface area (Å²) in [7, 11) is 2.06. The highest BCUT2D eigenvalue weighted by atomic mass is 32.1. The van der Waals surface area contributed by atoms with Gasteiger partial charge in [0.05, 0.1) is 5.92 Å². The minimum absolute atomic E-state index is 0.128. The van der Waals surface area contributed by atoms with Gasteiger partial charge in [-0.25, -0.2) is 0 Å². The molecule has 1 aliphatic heterocycles. The number of nitrogens with one attached hydrogen (secondary N) is 1. The Hall–Kier alpha value is -1.21. The number of carbonyl (C=O) groups excluding carboxylic acids is 1. The molecule has 0 aromatic carbocycles. The second-order valence-corrected chi connectivity index (χ2v) is 5.77. The number of likely N-dealkylation sites (tertiary alicyclic amines) is 1. The van der Waals surface area contributed by atoms with Crippen molar-refractivity contribution < 1.29 is 4.79 Å². The molecule has 18 heavy (non-hydrogen) atoms. The van der Waals surface area contributed by atoms with Gasteiger partial charge in [-0.05, 0) is 26.4 Å². The molecule has 0 saturated carbocycles. The molecular formula is C11H19N5OS. The van der Waals surface area contributed by atoms with Crippen LogP contribution in [0.3, 0.4) is 0 Å². The Morgan fingerprint density at radius 3 is 3.11 bits per heavy atom. The lowest BCUT2D eigenvalue weighted by atomic mass is 9.97. The van der Waals surface area contributed by atoms with Crippen molar-refractivity contribution in [3.05, 3.63) is 5.01 Å². The summed E-state index contributed by atoms with van der Waals surface area (Å²) in [6.45, 7) is 2.55. The number of hydrogen-bond acceptors (Lipinski definition) is 6. The fourth-order valence-electron chi connectivity index (χ4n) is 2.18. The van der Waals surface area contributed by atoms with E-state index >= 15 is 0 Å². The Morgan fingerprint density at radius 1 is 1.61 bits per heavy atom. The molecule has 0 bridgehead atoms. The van der Waals surface area contributed by atoms with Crippen molar-refractivity contribution in [2.45, 2.75) is 19.3 Å².